The van der Waals surface area contributed by atoms with Gasteiger partial charge in [-0.05, 0) is 12.1 Å². The maximum atomic E-state index is 5.41. The molecule has 21 heavy (non-hydrogen) atoms. The number of fused-ring (bicyclic) bond motifs is 1. The summed E-state index contributed by atoms with van der Waals surface area (Å²) in [6, 6.07) is 3.95. The van der Waals surface area contributed by atoms with Gasteiger partial charge >= 0.3 is 0 Å². The van der Waals surface area contributed by atoms with Crippen LogP contribution in [0.2, 0.25) is 0 Å². The van der Waals surface area contributed by atoms with Gasteiger partial charge in [0.15, 0.2) is 5.82 Å². The highest BCUT2D eigenvalue weighted by Gasteiger charge is 2.21. The molecule has 0 spiro atoms. The van der Waals surface area contributed by atoms with Gasteiger partial charge in [-0.2, -0.15) is 0 Å². The number of hydrogen-bond acceptors (Lipinski definition) is 6. The van der Waals surface area contributed by atoms with Crippen LogP contribution in [-0.4, -0.2) is 50.7 Å². The molecule has 0 radical (unpaired) electrons. The van der Waals surface area contributed by atoms with Crippen molar-refractivity contribution >= 4 is 11.5 Å². The molecule has 1 aliphatic heterocycles. The van der Waals surface area contributed by atoms with E-state index < -0.39 is 0 Å². The highest BCUT2D eigenvalue weighted by Crippen LogP contribution is 2.18. The Morgan fingerprint density at radius 1 is 1.19 bits per heavy atom. The van der Waals surface area contributed by atoms with E-state index in [4.69, 9.17) is 4.42 Å². The zero-order chi connectivity index (χ0) is 14.1. The SMILES string of the molecule is c1coc(CN2CCN(c3nccn4cnnc34)CC2)c1. The quantitative estimate of drug-likeness (QED) is 0.716. The molecule has 0 N–H and O–H groups in total. The van der Waals surface area contributed by atoms with Crippen molar-refractivity contribution in [3.8, 4) is 0 Å². The fraction of sp³-hybridized carbons (Fsp3) is 0.357. The average molecular weight is 284 g/mol. The van der Waals surface area contributed by atoms with Gasteiger partial charge in [-0.1, -0.05) is 0 Å². The van der Waals surface area contributed by atoms with Crippen molar-refractivity contribution < 1.29 is 4.42 Å². The molecule has 3 aromatic rings. The molecule has 3 aromatic heterocycles. The third kappa shape index (κ3) is 2.36. The predicted molar refractivity (Wildman–Crippen MR) is 77.0 cm³/mol. The van der Waals surface area contributed by atoms with Gasteiger partial charge < -0.3 is 9.32 Å². The summed E-state index contributed by atoms with van der Waals surface area (Å²) in [5, 5.41) is 8.10. The number of aromatic nitrogens is 4. The van der Waals surface area contributed by atoms with Gasteiger partial charge in [0, 0.05) is 38.6 Å². The van der Waals surface area contributed by atoms with E-state index in [1.807, 2.05) is 22.7 Å². The number of furan rings is 1. The van der Waals surface area contributed by atoms with Crippen molar-refractivity contribution in [3.63, 3.8) is 0 Å². The van der Waals surface area contributed by atoms with Gasteiger partial charge in [0.25, 0.3) is 0 Å². The van der Waals surface area contributed by atoms with E-state index in [2.05, 4.69) is 25.0 Å². The van der Waals surface area contributed by atoms with Crippen LogP contribution in [0.5, 0.6) is 0 Å². The molecule has 0 aromatic carbocycles. The first-order chi connectivity index (χ1) is 10.4. The van der Waals surface area contributed by atoms with Crippen LogP contribution in [-0.2, 0) is 6.54 Å². The van der Waals surface area contributed by atoms with Crippen molar-refractivity contribution in [1.82, 2.24) is 24.5 Å². The zero-order valence-electron chi connectivity index (χ0n) is 11.6. The Hall–Kier alpha value is -2.41. The van der Waals surface area contributed by atoms with Crippen molar-refractivity contribution in [3.05, 3.63) is 42.9 Å². The maximum absolute atomic E-state index is 5.41. The van der Waals surface area contributed by atoms with E-state index in [0.29, 0.717) is 0 Å². The molecular formula is C14H16N6O. The number of anilines is 1. The molecule has 0 saturated carbocycles. The van der Waals surface area contributed by atoms with E-state index in [1.165, 1.54) is 0 Å². The summed E-state index contributed by atoms with van der Waals surface area (Å²) in [4.78, 5) is 9.12. The van der Waals surface area contributed by atoms with Crippen LogP contribution in [0, 0.1) is 0 Å². The molecule has 0 aliphatic carbocycles. The molecule has 108 valence electrons. The third-order valence-corrected chi connectivity index (χ3v) is 3.83. The Morgan fingerprint density at radius 3 is 2.90 bits per heavy atom. The Morgan fingerprint density at radius 2 is 2.10 bits per heavy atom. The number of hydrogen-bond donors (Lipinski definition) is 0. The topological polar surface area (TPSA) is 62.7 Å². The lowest BCUT2D eigenvalue weighted by Crippen LogP contribution is -2.46. The first-order valence-corrected chi connectivity index (χ1v) is 7.04. The van der Waals surface area contributed by atoms with Crippen molar-refractivity contribution in [2.75, 3.05) is 31.1 Å². The van der Waals surface area contributed by atoms with Gasteiger partial charge in [-0.15, -0.1) is 10.2 Å². The van der Waals surface area contributed by atoms with Crippen molar-refractivity contribution in [2.24, 2.45) is 0 Å². The monoisotopic (exact) mass is 284 g/mol. The zero-order valence-corrected chi connectivity index (χ0v) is 11.6. The lowest BCUT2D eigenvalue weighted by molar-refractivity contribution is 0.230. The Bertz CT molecular complexity index is 714. The highest BCUT2D eigenvalue weighted by atomic mass is 16.3. The Balaban J connectivity index is 1.46. The van der Waals surface area contributed by atoms with E-state index in [1.54, 1.807) is 18.8 Å². The molecular weight excluding hydrogens is 268 g/mol. The van der Waals surface area contributed by atoms with Gasteiger partial charge in [0.05, 0.1) is 12.8 Å². The smallest absolute Gasteiger partial charge is 0.203 e. The van der Waals surface area contributed by atoms with E-state index in [9.17, 15) is 0 Å². The minimum absolute atomic E-state index is 0.817. The largest absolute Gasteiger partial charge is 0.468 e. The van der Waals surface area contributed by atoms with Gasteiger partial charge in [0.2, 0.25) is 5.65 Å². The normalized spacial score (nSPS) is 16.7. The molecule has 7 nitrogen and oxygen atoms in total. The third-order valence-electron chi connectivity index (χ3n) is 3.83. The minimum Gasteiger partial charge on any atom is -0.468 e. The summed E-state index contributed by atoms with van der Waals surface area (Å²) in [5.74, 6) is 1.92. The molecule has 7 heteroatoms. The van der Waals surface area contributed by atoms with Crippen LogP contribution < -0.4 is 4.90 Å². The van der Waals surface area contributed by atoms with Crippen LogP contribution in [0.15, 0.2) is 41.5 Å². The fourth-order valence-electron chi connectivity index (χ4n) is 2.71. The fourth-order valence-corrected chi connectivity index (χ4v) is 2.71. The van der Waals surface area contributed by atoms with Gasteiger partial charge in [0.1, 0.15) is 12.1 Å². The first-order valence-electron chi connectivity index (χ1n) is 7.04. The van der Waals surface area contributed by atoms with Crippen LogP contribution in [0.25, 0.3) is 5.65 Å². The van der Waals surface area contributed by atoms with E-state index in [0.717, 1.165) is 49.9 Å². The lowest BCUT2D eigenvalue weighted by Gasteiger charge is -2.34. The molecule has 0 bridgehead atoms. The molecule has 4 rings (SSSR count). The lowest BCUT2D eigenvalue weighted by atomic mass is 10.3. The molecule has 1 saturated heterocycles. The van der Waals surface area contributed by atoms with Crippen molar-refractivity contribution in [2.45, 2.75) is 6.54 Å². The Labute approximate surface area is 121 Å². The standard InChI is InChI=1S/C14H16N6O/c1-2-12(21-9-1)10-18-5-7-19(8-6-18)13-14-17-16-11-20(14)4-3-15-13/h1-4,9,11H,5-8,10H2. The van der Waals surface area contributed by atoms with Gasteiger partial charge in [-0.3, -0.25) is 9.30 Å². The first kappa shape index (κ1) is 12.3. The summed E-state index contributed by atoms with van der Waals surface area (Å²) in [6.45, 7) is 4.69. The summed E-state index contributed by atoms with van der Waals surface area (Å²) in [5.41, 5.74) is 0.817. The predicted octanol–water partition coefficient (Wildman–Crippen LogP) is 1.04. The summed E-state index contributed by atoms with van der Waals surface area (Å²) >= 11 is 0. The summed E-state index contributed by atoms with van der Waals surface area (Å²) in [7, 11) is 0. The van der Waals surface area contributed by atoms with Crippen LogP contribution in [0.4, 0.5) is 5.82 Å². The summed E-state index contributed by atoms with van der Waals surface area (Å²) < 4.78 is 7.31. The Kier molecular flexibility index (Phi) is 3.04. The minimum atomic E-state index is 0.817. The van der Waals surface area contributed by atoms with Crippen LogP contribution in [0.3, 0.4) is 0 Å². The highest BCUT2D eigenvalue weighted by molar-refractivity contribution is 5.63. The maximum Gasteiger partial charge on any atom is 0.203 e. The number of nitrogens with zero attached hydrogens (tertiary/aromatic N) is 6. The molecule has 0 unspecified atom stereocenters. The number of piperazine rings is 1. The second-order valence-electron chi connectivity index (χ2n) is 5.16. The second kappa shape index (κ2) is 5.17. The molecule has 4 heterocycles. The molecule has 1 fully saturated rings. The van der Waals surface area contributed by atoms with Crippen LogP contribution in [0.1, 0.15) is 5.76 Å². The molecule has 0 amide bonds. The van der Waals surface area contributed by atoms with Gasteiger partial charge in [-0.25, -0.2) is 4.98 Å². The summed E-state index contributed by atoms with van der Waals surface area (Å²) in [6.07, 6.45) is 7.09. The van der Waals surface area contributed by atoms with E-state index in [-0.39, 0.29) is 0 Å². The van der Waals surface area contributed by atoms with Crippen molar-refractivity contribution in [1.29, 1.82) is 0 Å². The molecule has 1 aliphatic rings. The van der Waals surface area contributed by atoms with E-state index >= 15 is 0 Å². The average Bonchev–Trinajstić information content (AvgIpc) is 3.18. The molecule has 0 atom stereocenters. The second-order valence-corrected chi connectivity index (χ2v) is 5.16. The number of rotatable bonds is 3. The van der Waals surface area contributed by atoms with Crippen LogP contribution >= 0.6 is 0 Å².